The summed E-state index contributed by atoms with van der Waals surface area (Å²) in [5, 5.41) is 4.57. The molecule has 1 unspecified atom stereocenters. The fourth-order valence-electron chi connectivity index (χ4n) is 2.40. The van der Waals surface area contributed by atoms with Crippen LogP contribution in [0.4, 0.5) is 0 Å². The Morgan fingerprint density at radius 2 is 2.33 bits per heavy atom. The van der Waals surface area contributed by atoms with Crippen LogP contribution in [0, 0.1) is 6.92 Å². The smallest absolute Gasteiger partial charge is 0.151 e. The van der Waals surface area contributed by atoms with Crippen molar-refractivity contribution < 1.29 is 4.79 Å². The predicted octanol–water partition coefficient (Wildman–Crippen LogP) is 2.22. The first-order chi connectivity index (χ1) is 7.09. The predicted molar refractivity (Wildman–Crippen MR) is 59.0 cm³/mol. The fourth-order valence-corrected chi connectivity index (χ4v) is 2.40. The van der Waals surface area contributed by atoms with E-state index < -0.39 is 0 Å². The molecule has 0 saturated heterocycles. The molecule has 1 atom stereocenters. The van der Waals surface area contributed by atoms with Gasteiger partial charge in [0.2, 0.25) is 0 Å². The number of Topliss-reactive ketones (excluding diaryl/α,β-unsaturated/α-hetero) is 1. The molecule has 0 aliphatic heterocycles. The van der Waals surface area contributed by atoms with Crippen molar-refractivity contribution >= 4 is 5.78 Å². The van der Waals surface area contributed by atoms with Crippen molar-refractivity contribution in [3.05, 3.63) is 17.0 Å². The van der Waals surface area contributed by atoms with E-state index in [0.29, 0.717) is 12.5 Å². The molecule has 1 aromatic heterocycles. The average Bonchev–Trinajstić information content (AvgIpc) is 2.46. The minimum atomic E-state index is 0.172. The highest BCUT2D eigenvalue weighted by molar-refractivity contribution is 5.75. The van der Waals surface area contributed by atoms with Gasteiger partial charge in [0.25, 0.3) is 0 Å². The van der Waals surface area contributed by atoms with Crippen LogP contribution in [-0.4, -0.2) is 15.6 Å². The van der Waals surface area contributed by atoms with Gasteiger partial charge in [0.1, 0.15) is 0 Å². The first-order valence-electron chi connectivity index (χ1n) is 5.65. The molecule has 1 aromatic rings. The summed E-state index contributed by atoms with van der Waals surface area (Å²) in [7, 11) is 0. The van der Waals surface area contributed by atoms with E-state index in [1.807, 2.05) is 4.68 Å². The Bertz CT molecular complexity index is 393. The normalized spacial score (nSPS) is 20.1. The molecule has 82 valence electrons. The molecule has 2 rings (SSSR count). The largest absolute Gasteiger partial charge is 0.298 e. The lowest BCUT2D eigenvalue weighted by molar-refractivity contribution is -0.117. The van der Waals surface area contributed by atoms with E-state index in [1.54, 1.807) is 6.92 Å². The zero-order chi connectivity index (χ0) is 11.0. The number of fused-ring (bicyclic) bond motifs is 1. The third kappa shape index (κ3) is 1.83. The Hall–Kier alpha value is -1.12. The van der Waals surface area contributed by atoms with Crippen LogP contribution in [0.3, 0.4) is 0 Å². The summed E-state index contributed by atoms with van der Waals surface area (Å²) in [4.78, 5) is 11.1. The van der Waals surface area contributed by atoms with Gasteiger partial charge in [-0.1, -0.05) is 6.92 Å². The highest BCUT2D eigenvalue weighted by Crippen LogP contribution is 2.31. The van der Waals surface area contributed by atoms with E-state index in [0.717, 1.165) is 6.42 Å². The van der Waals surface area contributed by atoms with Crippen molar-refractivity contribution in [2.75, 3.05) is 0 Å². The number of aromatic nitrogens is 2. The molecule has 3 heteroatoms. The Morgan fingerprint density at radius 3 is 2.93 bits per heavy atom. The number of carbonyl (C=O) groups excluding carboxylic acids is 1. The van der Waals surface area contributed by atoms with E-state index >= 15 is 0 Å². The van der Waals surface area contributed by atoms with E-state index in [9.17, 15) is 4.79 Å². The number of hydrogen-bond donors (Lipinski definition) is 0. The molecular formula is C12H18N2O. The Labute approximate surface area is 90.5 Å². The summed E-state index contributed by atoms with van der Waals surface area (Å²) >= 11 is 0. The lowest BCUT2D eigenvalue weighted by atomic mass is 9.88. The summed E-state index contributed by atoms with van der Waals surface area (Å²) in [5.74, 6) is 0.728. The highest BCUT2D eigenvalue weighted by atomic mass is 16.1. The van der Waals surface area contributed by atoms with Crippen LogP contribution in [0.5, 0.6) is 0 Å². The van der Waals surface area contributed by atoms with E-state index in [-0.39, 0.29) is 5.78 Å². The van der Waals surface area contributed by atoms with Gasteiger partial charge in [-0.2, -0.15) is 5.10 Å². The molecule has 1 aliphatic carbocycles. The SMILES string of the molecule is CC(=O)Cn1nc2c(c1C)CCCC2C. The Balaban J connectivity index is 2.38. The fraction of sp³-hybridized carbons (Fsp3) is 0.667. The first-order valence-corrected chi connectivity index (χ1v) is 5.65. The van der Waals surface area contributed by atoms with E-state index in [2.05, 4.69) is 18.9 Å². The van der Waals surface area contributed by atoms with E-state index in [4.69, 9.17) is 0 Å². The lowest BCUT2D eigenvalue weighted by Gasteiger charge is -2.16. The van der Waals surface area contributed by atoms with Gasteiger partial charge in [0.05, 0.1) is 12.2 Å². The van der Waals surface area contributed by atoms with Gasteiger partial charge in [-0.15, -0.1) is 0 Å². The second-order valence-electron chi connectivity index (χ2n) is 4.60. The lowest BCUT2D eigenvalue weighted by Crippen LogP contribution is -2.09. The average molecular weight is 206 g/mol. The first kappa shape index (κ1) is 10.4. The van der Waals surface area contributed by atoms with Gasteiger partial charge in [-0.05, 0) is 38.7 Å². The molecule has 0 N–H and O–H groups in total. The van der Waals surface area contributed by atoms with Crippen molar-refractivity contribution in [1.82, 2.24) is 9.78 Å². The van der Waals surface area contributed by atoms with Gasteiger partial charge < -0.3 is 0 Å². The molecule has 3 nitrogen and oxygen atoms in total. The van der Waals surface area contributed by atoms with Gasteiger partial charge in [0.15, 0.2) is 5.78 Å². The van der Waals surface area contributed by atoms with Crippen LogP contribution < -0.4 is 0 Å². The number of rotatable bonds is 2. The van der Waals surface area contributed by atoms with E-state index in [1.165, 1.54) is 29.8 Å². The maximum absolute atomic E-state index is 11.1. The van der Waals surface area contributed by atoms with Crippen molar-refractivity contribution in [3.8, 4) is 0 Å². The molecule has 0 fully saturated rings. The minimum Gasteiger partial charge on any atom is -0.298 e. The monoisotopic (exact) mass is 206 g/mol. The van der Waals surface area contributed by atoms with Crippen molar-refractivity contribution in [1.29, 1.82) is 0 Å². The second kappa shape index (κ2) is 3.80. The standard InChI is InChI=1S/C12H18N2O/c1-8-5-4-6-11-10(3)14(7-9(2)15)13-12(8)11/h8H,4-7H2,1-3H3. The topological polar surface area (TPSA) is 34.9 Å². The Kier molecular flexibility index (Phi) is 2.63. The summed E-state index contributed by atoms with van der Waals surface area (Å²) in [6, 6.07) is 0. The molecule has 0 radical (unpaired) electrons. The van der Waals surface area contributed by atoms with Crippen molar-refractivity contribution in [3.63, 3.8) is 0 Å². The zero-order valence-electron chi connectivity index (χ0n) is 9.71. The quantitative estimate of drug-likeness (QED) is 0.743. The van der Waals surface area contributed by atoms with Gasteiger partial charge >= 0.3 is 0 Å². The molecule has 0 spiro atoms. The maximum Gasteiger partial charge on any atom is 0.151 e. The molecular weight excluding hydrogens is 188 g/mol. The number of hydrogen-bond acceptors (Lipinski definition) is 2. The van der Waals surface area contributed by atoms with Crippen LogP contribution in [0.1, 0.15) is 49.6 Å². The van der Waals surface area contributed by atoms with Crippen LogP contribution >= 0.6 is 0 Å². The molecule has 0 bridgehead atoms. The Morgan fingerprint density at radius 1 is 1.60 bits per heavy atom. The van der Waals surface area contributed by atoms with Crippen molar-refractivity contribution in [2.45, 2.75) is 52.5 Å². The molecule has 1 heterocycles. The number of nitrogens with zero attached hydrogens (tertiary/aromatic N) is 2. The summed E-state index contributed by atoms with van der Waals surface area (Å²) in [6.45, 7) is 6.34. The van der Waals surface area contributed by atoms with Gasteiger partial charge in [-0.25, -0.2) is 0 Å². The van der Waals surface area contributed by atoms with Crippen molar-refractivity contribution in [2.24, 2.45) is 0 Å². The van der Waals surface area contributed by atoms with Gasteiger partial charge in [0, 0.05) is 11.6 Å². The molecule has 0 aromatic carbocycles. The molecule has 0 saturated carbocycles. The molecule has 1 aliphatic rings. The maximum atomic E-state index is 11.1. The molecule has 15 heavy (non-hydrogen) atoms. The second-order valence-corrected chi connectivity index (χ2v) is 4.60. The molecule has 0 amide bonds. The summed E-state index contributed by atoms with van der Waals surface area (Å²) < 4.78 is 1.87. The number of carbonyl (C=O) groups is 1. The third-order valence-corrected chi connectivity index (χ3v) is 3.26. The number of ketones is 1. The van der Waals surface area contributed by atoms with Gasteiger partial charge in [-0.3, -0.25) is 9.48 Å². The highest BCUT2D eigenvalue weighted by Gasteiger charge is 2.23. The minimum absolute atomic E-state index is 0.172. The summed E-state index contributed by atoms with van der Waals surface area (Å²) in [5.41, 5.74) is 3.79. The zero-order valence-corrected chi connectivity index (χ0v) is 9.71. The third-order valence-electron chi connectivity index (χ3n) is 3.26. The van der Waals surface area contributed by atoms with Crippen LogP contribution in [-0.2, 0) is 17.8 Å². The summed E-state index contributed by atoms with van der Waals surface area (Å²) in [6.07, 6.45) is 3.60. The van der Waals surface area contributed by atoms with Crippen LogP contribution in [0.25, 0.3) is 0 Å². The van der Waals surface area contributed by atoms with Crippen LogP contribution in [0.15, 0.2) is 0 Å². The van der Waals surface area contributed by atoms with Crippen LogP contribution in [0.2, 0.25) is 0 Å².